The summed E-state index contributed by atoms with van der Waals surface area (Å²) < 4.78 is 34.7. The highest BCUT2D eigenvalue weighted by atomic mass is 31.2. The minimum absolute atomic E-state index is 0.0365. The number of esters is 2. The van der Waals surface area contributed by atoms with Gasteiger partial charge in [-0.1, -0.05) is 309 Å². The Bertz CT molecular complexity index is 1290. The van der Waals surface area contributed by atoms with Crippen molar-refractivity contribution in [2.45, 2.75) is 354 Å². The molecule has 0 amide bonds. The zero-order valence-electron chi connectivity index (χ0n) is 51.5. The molecule has 0 fully saturated rings. The van der Waals surface area contributed by atoms with Crippen LogP contribution in [-0.2, 0) is 32.7 Å². The Kier molecular flexibility index (Phi) is 57.4. The van der Waals surface area contributed by atoms with Gasteiger partial charge < -0.3 is 18.9 Å². The Balaban J connectivity index is 4.00. The second kappa shape index (κ2) is 58.4. The highest BCUT2D eigenvalue weighted by molar-refractivity contribution is 7.47. The van der Waals surface area contributed by atoms with Crippen molar-refractivity contribution in [3.8, 4) is 0 Å². The number of rotatable bonds is 63. The number of phosphoric ester groups is 1. The molecule has 9 nitrogen and oxygen atoms in total. The molecule has 2 atom stereocenters. The number of carbonyl (C=O) groups excluding carboxylic acids is 2. The Morgan fingerprint density at radius 2 is 0.671 bits per heavy atom. The maximum absolute atomic E-state index is 12.9. The minimum atomic E-state index is -4.38. The van der Waals surface area contributed by atoms with Gasteiger partial charge in [-0.2, -0.15) is 0 Å². The molecular weight excluding hydrogens is 966 g/mol. The van der Waals surface area contributed by atoms with Crippen molar-refractivity contribution in [1.82, 2.24) is 0 Å². The molecule has 0 aromatic carbocycles. The average molecular weight is 1100 g/mol. The van der Waals surface area contributed by atoms with Crippen molar-refractivity contribution in [1.29, 1.82) is 0 Å². The summed E-state index contributed by atoms with van der Waals surface area (Å²) >= 11 is 0. The molecule has 0 spiro atoms. The van der Waals surface area contributed by atoms with Crippen molar-refractivity contribution < 1.29 is 42.1 Å². The molecule has 10 heteroatoms. The summed E-state index contributed by atoms with van der Waals surface area (Å²) in [7, 11) is 1.50. The lowest BCUT2D eigenvalue weighted by molar-refractivity contribution is -0.870. The van der Waals surface area contributed by atoms with E-state index in [4.69, 9.17) is 18.5 Å². The van der Waals surface area contributed by atoms with Crippen LogP contribution in [0.4, 0.5) is 0 Å². The van der Waals surface area contributed by atoms with Crippen LogP contribution in [0.5, 0.6) is 0 Å². The second-order valence-electron chi connectivity index (χ2n) is 24.2. The maximum atomic E-state index is 12.9. The smallest absolute Gasteiger partial charge is 0.462 e. The lowest BCUT2D eigenvalue weighted by Gasteiger charge is -2.24. The highest BCUT2D eigenvalue weighted by Crippen LogP contribution is 2.43. The molecule has 0 heterocycles. The fourth-order valence-corrected chi connectivity index (χ4v) is 10.9. The molecule has 0 saturated heterocycles. The van der Waals surface area contributed by atoms with E-state index in [0.717, 1.165) is 38.5 Å². The van der Waals surface area contributed by atoms with Crippen molar-refractivity contribution in [2.24, 2.45) is 0 Å². The third-order valence-electron chi connectivity index (χ3n) is 15.3. The first kappa shape index (κ1) is 74.8. The zero-order valence-corrected chi connectivity index (χ0v) is 52.4. The van der Waals surface area contributed by atoms with Crippen molar-refractivity contribution in [2.75, 3.05) is 47.5 Å². The molecule has 0 aliphatic carbocycles. The van der Waals surface area contributed by atoms with Gasteiger partial charge in [0.25, 0.3) is 0 Å². The molecule has 76 heavy (non-hydrogen) atoms. The third kappa shape index (κ3) is 62.0. The number of allylic oxidation sites excluding steroid dienone is 2. The van der Waals surface area contributed by atoms with Gasteiger partial charge in [0.15, 0.2) is 6.10 Å². The molecule has 0 aliphatic rings. The van der Waals surface area contributed by atoms with Crippen LogP contribution < -0.4 is 0 Å². The van der Waals surface area contributed by atoms with Crippen LogP contribution in [-0.4, -0.2) is 74.9 Å². The second-order valence-corrected chi connectivity index (χ2v) is 25.7. The largest absolute Gasteiger partial charge is 0.472 e. The Morgan fingerprint density at radius 1 is 0.395 bits per heavy atom. The molecule has 2 unspecified atom stereocenters. The minimum Gasteiger partial charge on any atom is -0.462 e. The van der Waals surface area contributed by atoms with Gasteiger partial charge in [-0.3, -0.25) is 18.6 Å². The van der Waals surface area contributed by atoms with Gasteiger partial charge in [-0.15, -0.1) is 0 Å². The number of likely N-dealkylation sites (N-methyl/N-ethyl adjacent to an activating group) is 1. The van der Waals surface area contributed by atoms with Crippen molar-refractivity contribution in [3.63, 3.8) is 0 Å². The number of nitrogens with zero attached hydrogens (tertiary/aromatic N) is 1. The van der Waals surface area contributed by atoms with Gasteiger partial charge in [0.2, 0.25) is 0 Å². The van der Waals surface area contributed by atoms with Crippen LogP contribution in [0.3, 0.4) is 0 Å². The first-order valence-electron chi connectivity index (χ1n) is 33.4. The van der Waals surface area contributed by atoms with Gasteiger partial charge in [0.05, 0.1) is 27.7 Å². The molecule has 0 saturated carbocycles. The molecule has 0 bridgehead atoms. The fraction of sp³-hybridized carbons (Fsp3) is 0.939. The summed E-state index contributed by atoms with van der Waals surface area (Å²) in [6.45, 7) is 4.51. The molecular formula is C66H131NO8P+. The first-order valence-corrected chi connectivity index (χ1v) is 34.9. The summed E-state index contributed by atoms with van der Waals surface area (Å²) in [5.41, 5.74) is 0. The molecule has 1 N–H and O–H groups in total. The Morgan fingerprint density at radius 3 is 0.974 bits per heavy atom. The van der Waals surface area contributed by atoms with Gasteiger partial charge in [0.1, 0.15) is 19.8 Å². The van der Waals surface area contributed by atoms with Gasteiger partial charge in [0, 0.05) is 12.8 Å². The normalized spacial score (nSPS) is 13.2. The molecule has 0 aliphatic heterocycles. The van der Waals surface area contributed by atoms with Crippen LogP contribution in [0.25, 0.3) is 0 Å². The molecule has 0 radical (unpaired) electrons. The van der Waals surface area contributed by atoms with Crippen molar-refractivity contribution >= 4 is 19.8 Å². The van der Waals surface area contributed by atoms with Crippen LogP contribution in [0.2, 0.25) is 0 Å². The average Bonchev–Trinajstić information content (AvgIpc) is 3.38. The summed E-state index contributed by atoms with van der Waals surface area (Å²) in [6.07, 6.45) is 70.2. The van der Waals surface area contributed by atoms with E-state index < -0.39 is 26.5 Å². The Hall–Kier alpha value is -1.25. The fourth-order valence-electron chi connectivity index (χ4n) is 10.1. The first-order chi connectivity index (χ1) is 37.0. The van der Waals surface area contributed by atoms with E-state index in [-0.39, 0.29) is 25.6 Å². The van der Waals surface area contributed by atoms with Crippen LogP contribution in [0.15, 0.2) is 12.2 Å². The SMILES string of the molecule is CCCCCCCCCC/C=C\CCCCCCCCCCCCCCCCCCCCCC(=O)OC(COC(=O)CCCCCCCCCCCCCCCCCCCCCCC)COP(=O)(O)OCC[N+](C)(C)C. The number of ether oxygens (including phenoxy) is 2. The number of hydrogen-bond acceptors (Lipinski definition) is 7. The van der Waals surface area contributed by atoms with Gasteiger partial charge >= 0.3 is 19.8 Å². The maximum Gasteiger partial charge on any atom is 0.472 e. The topological polar surface area (TPSA) is 108 Å². The summed E-state index contributed by atoms with van der Waals surface area (Å²) in [4.78, 5) is 35.8. The van der Waals surface area contributed by atoms with E-state index in [1.54, 1.807) is 0 Å². The van der Waals surface area contributed by atoms with Crippen molar-refractivity contribution in [3.05, 3.63) is 12.2 Å². The third-order valence-corrected chi connectivity index (χ3v) is 16.3. The zero-order chi connectivity index (χ0) is 55.6. The lowest BCUT2D eigenvalue weighted by Crippen LogP contribution is -2.37. The lowest BCUT2D eigenvalue weighted by atomic mass is 10.0. The molecule has 0 rings (SSSR count). The number of hydrogen-bond donors (Lipinski definition) is 1. The summed E-state index contributed by atoms with van der Waals surface area (Å²) in [6, 6.07) is 0. The van der Waals surface area contributed by atoms with E-state index in [1.165, 1.54) is 283 Å². The number of phosphoric acid groups is 1. The highest BCUT2D eigenvalue weighted by Gasteiger charge is 2.27. The van der Waals surface area contributed by atoms with Gasteiger partial charge in [-0.05, 0) is 38.5 Å². The molecule has 0 aromatic rings. The van der Waals surface area contributed by atoms with Crippen LogP contribution in [0, 0.1) is 0 Å². The van der Waals surface area contributed by atoms with E-state index in [2.05, 4.69) is 26.0 Å². The summed E-state index contributed by atoms with van der Waals surface area (Å²) in [5, 5.41) is 0. The molecule has 452 valence electrons. The number of carbonyl (C=O) groups is 2. The molecule has 0 aromatic heterocycles. The monoisotopic (exact) mass is 1100 g/mol. The van der Waals surface area contributed by atoms with E-state index in [0.29, 0.717) is 17.4 Å². The predicted octanol–water partition coefficient (Wildman–Crippen LogP) is 21.2. The quantitative estimate of drug-likeness (QED) is 0.0211. The number of unbranched alkanes of at least 4 members (excludes halogenated alkanes) is 47. The van der Waals surface area contributed by atoms with E-state index in [9.17, 15) is 19.0 Å². The summed E-state index contributed by atoms with van der Waals surface area (Å²) in [5.74, 6) is -0.772. The van der Waals surface area contributed by atoms with Crippen LogP contribution >= 0.6 is 7.82 Å². The van der Waals surface area contributed by atoms with Gasteiger partial charge in [-0.25, -0.2) is 4.57 Å². The standard InChI is InChI=1S/C66H130NO8P/c1-6-8-10-12-14-16-18-20-22-24-26-28-29-30-31-32-33-34-35-36-37-39-41-43-45-47-49-51-53-55-57-59-66(69)75-64(63-74-76(70,71)73-61-60-67(3,4)5)62-72-65(68)58-56-54-52-50-48-46-44-42-40-38-27-25-23-21-19-17-15-13-11-9-7-2/h24,26,64H,6-23,25,27-63H2,1-5H3/p+1/b26-24-. The predicted molar refractivity (Wildman–Crippen MR) is 326 cm³/mol. The van der Waals surface area contributed by atoms with Crippen LogP contribution in [0.1, 0.15) is 348 Å². The number of quaternary nitrogens is 1. The van der Waals surface area contributed by atoms with E-state index in [1.807, 2.05) is 21.1 Å². The Labute approximate surface area is 473 Å². The van der Waals surface area contributed by atoms with E-state index >= 15 is 0 Å².